The predicted molar refractivity (Wildman–Crippen MR) is 109 cm³/mol. The van der Waals surface area contributed by atoms with Crippen molar-refractivity contribution in [2.45, 2.75) is 18.7 Å². The second kappa shape index (κ2) is 8.84. The standard InChI is InChI=1S/C21H23N3O3S/c1-28(26,27)16-18-7-9-19(10-8-18)21(25)23-12-11-20-22-13-14-24(20)15-17-5-3-2-4-6-17/h2-10,13-14H,11-12,15-16H2,1H3,(H,23,25). The van der Waals surface area contributed by atoms with Gasteiger partial charge in [-0.15, -0.1) is 0 Å². The van der Waals surface area contributed by atoms with Crippen LogP contribution in [0.3, 0.4) is 0 Å². The van der Waals surface area contributed by atoms with E-state index in [-0.39, 0.29) is 11.7 Å². The van der Waals surface area contributed by atoms with Crippen LogP contribution in [0.15, 0.2) is 67.0 Å². The van der Waals surface area contributed by atoms with E-state index < -0.39 is 9.84 Å². The average molecular weight is 398 g/mol. The number of benzene rings is 2. The van der Waals surface area contributed by atoms with E-state index in [0.717, 1.165) is 12.4 Å². The summed E-state index contributed by atoms with van der Waals surface area (Å²) in [5.41, 5.74) is 2.37. The van der Waals surface area contributed by atoms with E-state index in [1.54, 1.807) is 30.5 Å². The molecule has 7 heteroatoms. The number of sulfone groups is 1. The van der Waals surface area contributed by atoms with Gasteiger partial charge >= 0.3 is 0 Å². The zero-order valence-electron chi connectivity index (χ0n) is 15.7. The summed E-state index contributed by atoms with van der Waals surface area (Å²) in [4.78, 5) is 16.7. The molecule has 6 nitrogen and oxygen atoms in total. The minimum Gasteiger partial charge on any atom is -0.352 e. The summed E-state index contributed by atoms with van der Waals surface area (Å²) in [6, 6.07) is 16.8. The lowest BCUT2D eigenvalue weighted by Gasteiger charge is -2.09. The Morgan fingerprint density at radius 2 is 1.75 bits per heavy atom. The van der Waals surface area contributed by atoms with E-state index in [2.05, 4.69) is 27.0 Å². The third-order valence-electron chi connectivity index (χ3n) is 4.28. The average Bonchev–Trinajstić information content (AvgIpc) is 3.09. The van der Waals surface area contributed by atoms with Crippen molar-refractivity contribution >= 4 is 15.7 Å². The number of nitrogens with zero attached hydrogens (tertiary/aromatic N) is 2. The molecule has 0 aliphatic heterocycles. The fraction of sp³-hybridized carbons (Fsp3) is 0.238. The molecule has 0 fully saturated rings. The van der Waals surface area contributed by atoms with Crippen LogP contribution < -0.4 is 5.32 Å². The van der Waals surface area contributed by atoms with E-state index in [4.69, 9.17) is 0 Å². The van der Waals surface area contributed by atoms with Crippen LogP contribution >= 0.6 is 0 Å². The Labute approximate surface area is 165 Å². The van der Waals surface area contributed by atoms with Gasteiger partial charge in [0.2, 0.25) is 0 Å². The van der Waals surface area contributed by atoms with Gasteiger partial charge in [-0.25, -0.2) is 13.4 Å². The third-order valence-corrected chi connectivity index (χ3v) is 5.13. The number of imidazole rings is 1. The maximum atomic E-state index is 12.3. The first-order valence-corrected chi connectivity index (χ1v) is 11.1. The lowest BCUT2D eigenvalue weighted by Crippen LogP contribution is -2.26. The molecule has 2 aromatic carbocycles. The van der Waals surface area contributed by atoms with Crippen LogP contribution in [-0.4, -0.2) is 36.7 Å². The number of hydrogen-bond acceptors (Lipinski definition) is 4. The molecule has 0 aliphatic rings. The Balaban J connectivity index is 1.53. The molecule has 0 saturated heterocycles. The molecule has 0 bridgehead atoms. The van der Waals surface area contributed by atoms with E-state index in [9.17, 15) is 13.2 Å². The maximum Gasteiger partial charge on any atom is 0.251 e. The highest BCUT2D eigenvalue weighted by atomic mass is 32.2. The molecule has 1 aromatic heterocycles. The van der Waals surface area contributed by atoms with Gasteiger partial charge in [-0.1, -0.05) is 42.5 Å². The fourth-order valence-corrected chi connectivity index (χ4v) is 3.74. The van der Waals surface area contributed by atoms with Crippen LogP contribution in [0.2, 0.25) is 0 Å². The highest BCUT2D eigenvalue weighted by Crippen LogP contribution is 2.09. The third kappa shape index (κ3) is 5.79. The van der Waals surface area contributed by atoms with Crippen molar-refractivity contribution < 1.29 is 13.2 Å². The largest absolute Gasteiger partial charge is 0.352 e. The minimum atomic E-state index is -3.09. The molecule has 0 atom stereocenters. The zero-order valence-corrected chi connectivity index (χ0v) is 16.5. The summed E-state index contributed by atoms with van der Waals surface area (Å²) < 4.78 is 24.7. The molecule has 0 spiro atoms. The molecule has 3 rings (SSSR count). The maximum absolute atomic E-state index is 12.3. The van der Waals surface area contributed by atoms with Gasteiger partial charge in [-0.2, -0.15) is 0 Å². The Bertz CT molecular complexity index is 1030. The van der Waals surface area contributed by atoms with Crippen LogP contribution in [0.25, 0.3) is 0 Å². The summed E-state index contributed by atoms with van der Waals surface area (Å²) in [5.74, 6) is 0.693. The quantitative estimate of drug-likeness (QED) is 0.633. The van der Waals surface area contributed by atoms with Crippen LogP contribution in [0, 0.1) is 0 Å². The van der Waals surface area contributed by atoms with Crippen molar-refractivity contribution in [3.05, 3.63) is 89.5 Å². The van der Waals surface area contributed by atoms with Crippen LogP contribution in [-0.2, 0) is 28.6 Å². The van der Waals surface area contributed by atoms with Gasteiger partial charge in [0.15, 0.2) is 9.84 Å². The molecule has 0 saturated carbocycles. The molecule has 3 aromatic rings. The number of hydrogen-bond donors (Lipinski definition) is 1. The highest BCUT2D eigenvalue weighted by molar-refractivity contribution is 7.89. The molecule has 1 N–H and O–H groups in total. The van der Waals surface area contributed by atoms with Crippen molar-refractivity contribution in [2.75, 3.05) is 12.8 Å². The fourth-order valence-electron chi connectivity index (χ4n) is 2.94. The first kappa shape index (κ1) is 19.8. The number of aromatic nitrogens is 2. The molecular weight excluding hydrogens is 374 g/mol. The van der Waals surface area contributed by atoms with Crippen LogP contribution in [0.5, 0.6) is 0 Å². The minimum absolute atomic E-state index is 0.0288. The van der Waals surface area contributed by atoms with Crippen molar-refractivity contribution in [3.8, 4) is 0 Å². The number of nitrogens with one attached hydrogen (secondary N) is 1. The van der Waals surface area contributed by atoms with E-state index in [1.807, 2.05) is 24.4 Å². The lowest BCUT2D eigenvalue weighted by atomic mass is 10.1. The lowest BCUT2D eigenvalue weighted by molar-refractivity contribution is 0.0954. The Morgan fingerprint density at radius 3 is 2.43 bits per heavy atom. The number of amides is 1. The van der Waals surface area contributed by atoms with Gasteiger partial charge in [0.1, 0.15) is 5.82 Å². The number of rotatable bonds is 8. The summed E-state index contributed by atoms with van der Waals surface area (Å²) in [6.45, 7) is 1.21. The molecule has 146 valence electrons. The van der Waals surface area contributed by atoms with E-state index >= 15 is 0 Å². The Morgan fingerprint density at radius 1 is 1.04 bits per heavy atom. The van der Waals surface area contributed by atoms with Gasteiger partial charge in [0.25, 0.3) is 5.91 Å². The molecular formula is C21H23N3O3S. The highest BCUT2D eigenvalue weighted by Gasteiger charge is 2.09. The van der Waals surface area contributed by atoms with Crippen molar-refractivity contribution in [1.82, 2.24) is 14.9 Å². The second-order valence-electron chi connectivity index (χ2n) is 6.73. The first-order valence-electron chi connectivity index (χ1n) is 8.99. The zero-order chi connectivity index (χ0) is 20.0. The Kier molecular flexibility index (Phi) is 6.26. The van der Waals surface area contributed by atoms with Crippen molar-refractivity contribution in [2.24, 2.45) is 0 Å². The number of carbonyl (C=O) groups excluding carboxylic acids is 1. The van der Waals surface area contributed by atoms with Gasteiger partial charge in [-0.3, -0.25) is 4.79 Å². The van der Waals surface area contributed by atoms with Gasteiger partial charge < -0.3 is 9.88 Å². The number of carbonyl (C=O) groups is 1. The van der Waals surface area contributed by atoms with Crippen molar-refractivity contribution in [1.29, 1.82) is 0 Å². The van der Waals surface area contributed by atoms with Crippen LogP contribution in [0.4, 0.5) is 0 Å². The summed E-state index contributed by atoms with van der Waals surface area (Å²) in [7, 11) is -3.09. The van der Waals surface area contributed by atoms with Crippen molar-refractivity contribution in [3.63, 3.8) is 0 Å². The van der Waals surface area contributed by atoms with E-state index in [1.165, 1.54) is 11.8 Å². The molecule has 0 unspecified atom stereocenters. The topological polar surface area (TPSA) is 81.1 Å². The summed E-state index contributed by atoms with van der Waals surface area (Å²) in [5, 5.41) is 2.89. The van der Waals surface area contributed by atoms with Gasteiger partial charge in [0, 0.05) is 43.7 Å². The Hall–Kier alpha value is -2.93. The second-order valence-corrected chi connectivity index (χ2v) is 8.87. The first-order chi connectivity index (χ1) is 13.4. The molecule has 1 heterocycles. The smallest absolute Gasteiger partial charge is 0.251 e. The van der Waals surface area contributed by atoms with Gasteiger partial charge in [-0.05, 0) is 23.3 Å². The summed E-state index contributed by atoms with van der Waals surface area (Å²) >= 11 is 0. The molecule has 0 aliphatic carbocycles. The molecule has 0 radical (unpaired) electrons. The normalized spacial score (nSPS) is 11.3. The monoisotopic (exact) mass is 397 g/mol. The van der Waals surface area contributed by atoms with E-state index in [0.29, 0.717) is 24.1 Å². The van der Waals surface area contributed by atoms with Crippen LogP contribution in [0.1, 0.15) is 27.3 Å². The van der Waals surface area contributed by atoms with Gasteiger partial charge in [0.05, 0.1) is 5.75 Å². The SMILES string of the molecule is CS(=O)(=O)Cc1ccc(C(=O)NCCc2nccn2Cc2ccccc2)cc1. The predicted octanol–water partition coefficient (Wildman–Crippen LogP) is 2.45. The molecule has 28 heavy (non-hydrogen) atoms. The summed E-state index contributed by atoms with van der Waals surface area (Å²) in [6.07, 6.45) is 5.51. The molecule has 1 amide bonds.